The number of rotatable bonds is 5. The van der Waals surface area contributed by atoms with Crippen LogP contribution in [0.3, 0.4) is 0 Å². The Morgan fingerprint density at radius 3 is 2.11 bits per heavy atom. The van der Waals surface area contributed by atoms with Crippen molar-refractivity contribution in [1.82, 2.24) is 0 Å². The molecule has 0 radical (unpaired) electrons. The molecule has 0 amide bonds. The molecule has 18 heavy (non-hydrogen) atoms. The Morgan fingerprint density at radius 2 is 1.67 bits per heavy atom. The summed E-state index contributed by atoms with van der Waals surface area (Å²) in [6.07, 6.45) is 1.72. The molecule has 0 saturated heterocycles. The molecule has 1 aromatic carbocycles. The Kier molecular flexibility index (Phi) is 4.49. The van der Waals surface area contributed by atoms with Crippen LogP contribution in [0.4, 0.5) is 0 Å². The van der Waals surface area contributed by atoms with Crippen molar-refractivity contribution in [1.29, 1.82) is 0 Å². The van der Waals surface area contributed by atoms with Crippen LogP contribution in [-0.2, 0) is 26.7 Å². The standard InChI is InChI=1S/C10H14O6S2/c1-2-3-5-8-6-4-7-9(17(11,12)13)10(8)18(14,15)16/h4,6-7H,2-3,5H2,1H3,(H,11,12,13)(H,14,15,16). The van der Waals surface area contributed by atoms with E-state index in [2.05, 4.69) is 0 Å². The summed E-state index contributed by atoms with van der Waals surface area (Å²) in [5, 5.41) is 0. The van der Waals surface area contributed by atoms with Crippen LogP contribution in [0.1, 0.15) is 25.3 Å². The smallest absolute Gasteiger partial charge is 0.282 e. The molecule has 1 aromatic rings. The van der Waals surface area contributed by atoms with Gasteiger partial charge >= 0.3 is 0 Å². The summed E-state index contributed by atoms with van der Waals surface area (Å²) in [4.78, 5) is -1.53. The molecular formula is C10H14O6S2. The average molecular weight is 294 g/mol. The highest BCUT2D eigenvalue weighted by molar-refractivity contribution is 7.89. The molecule has 0 aromatic heterocycles. The minimum absolute atomic E-state index is 0.175. The molecule has 6 nitrogen and oxygen atoms in total. The zero-order chi connectivity index (χ0) is 14.0. The van der Waals surface area contributed by atoms with Crippen LogP contribution in [0, 0.1) is 0 Å². The fourth-order valence-corrected chi connectivity index (χ4v) is 3.69. The van der Waals surface area contributed by atoms with Crippen LogP contribution in [0.25, 0.3) is 0 Å². The summed E-state index contributed by atoms with van der Waals surface area (Å²) in [7, 11) is -9.42. The van der Waals surface area contributed by atoms with Gasteiger partial charge in [0, 0.05) is 0 Å². The molecule has 0 fully saturated rings. The number of benzene rings is 1. The van der Waals surface area contributed by atoms with Gasteiger partial charge in [0.05, 0.1) is 0 Å². The van der Waals surface area contributed by atoms with Crippen molar-refractivity contribution >= 4 is 20.2 Å². The first-order chi connectivity index (χ1) is 8.18. The zero-order valence-electron chi connectivity index (χ0n) is 9.70. The Bertz CT molecular complexity index is 630. The summed E-state index contributed by atoms with van der Waals surface area (Å²) in [5.41, 5.74) is 0.175. The summed E-state index contributed by atoms with van der Waals surface area (Å²) in [6.45, 7) is 1.89. The van der Waals surface area contributed by atoms with Gasteiger partial charge in [-0.1, -0.05) is 25.5 Å². The molecule has 0 unspecified atom stereocenters. The van der Waals surface area contributed by atoms with Crippen molar-refractivity contribution in [3.05, 3.63) is 23.8 Å². The second-order valence-electron chi connectivity index (χ2n) is 3.80. The van der Waals surface area contributed by atoms with Crippen molar-refractivity contribution < 1.29 is 25.9 Å². The maximum absolute atomic E-state index is 11.3. The molecule has 1 rings (SSSR count). The van der Waals surface area contributed by atoms with E-state index in [1.807, 2.05) is 6.92 Å². The molecule has 0 aliphatic heterocycles. The minimum atomic E-state index is -4.72. The highest BCUT2D eigenvalue weighted by atomic mass is 32.2. The molecule has 0 saturated carbocycles. The van der Waals surface area contributed by atoms with Gasteiger partial charge in [-0.25, -0.2) is 0 Å². The zero-order valence-corrected chi connectivity index (χ0v) is 11.3. The number of hydrogen-bond donors (Lipinski definition) is 2. The molecule has 102 valence electrons. The van der Waals surface area contributed by atoms with Crippen LogP contribution in [0.5, 0.6) is 0 Å². The van der Waals surface area contributed by atoms with E-state index in [0.29, 0.717) is 12.8 Å². The summed E-state index contributed by atoms with van der Waals surface area (Å²) >= 11 is 0. The first-order valence-corrected chi connectivity index (χ1v) is 8.12. The summed E-state index contributed by atoms with van der Waals surface area (Å²) < 4.78 is 62.8. The lowest BCUT2D eigenvalue weighted by atomic mass is 10.1. The number of aryl methyl sites for hydroxylation is 1. The van der Waals surface area contributed by atoms with Crippen LogP contribution in [-0.4, -0.2) is 25.9 Å². The number of unbranched alkanes of at least 4 members (excludes halogenated alkanes) is 1. The van der Waals surface area contributed by atoms with Crippen LogP contribution in [0.15, 0.2) is 28.0 Å². The SMILES string of the molecule is CCCCc1cccc(S(=O)(=O)O)c1S(=O)(=O)O. The first kappa shape index (κ1) is 15.1. The van der Waals surface area contributed by atoms with E-state index in [1.54, 1.807) is 0 Å². The fraction of sp³-hybridized carbons (Fsp3) is 0.400. The quantitative estimate of drug-likeness (QED) is 0.797. The third-order valence-corrected chi connectivity index (χ3v) is 4.42. The lowest BCUT2D eigenvalue weighted by molar-refractivity contribution is 0.465. The van der Waals surface area contributed by atoms with Crippen molar-refractivity contribution in [3.63, 3.8) is 0 Å². The van der Waals surface area contributed by atoms with Gasteiger partial charge in [0.15, 0.2) is 0 Å². The molecule has 0 aliphatic carbocycles. The van der Waals surface area contributed by atoms with Gasteiger partial charge in [-0.2, -0.15) is 16.8 Å². The highest BCUT2D eigenvalue weighted by Crippen LogP contribution is 2.26. The molecule has 0 aliphatic rings. The van der Waals surface area contributed by atoms with Gasteiger partial charge in [-0.15, -0.1) is 0 Å². The topological polar surface area (TPSA) is 109 Å². The van der Waals surface area contributed by atoms with Gasteiger partial charge < -0.3 is 0 Å². The second kappa shape index (κ2) is 5.35. The third kappa shape index (κ3) is 3.52. The van der Waals surface area contributed by atoms with Gasteiger partial charge in [0.25, 0.3) is 20.2 Å². The predicted molar refractivity (Wildman–Crippen MR) is 64.7 cm³/mol. The number of hydrogen-bond acceptors (Lipinski definition) is 4. The van der Waals surface area contributed by atoms with Gasteiger partial charge in [0.2, 0.25) is 0 Å². The average Bonchev–Trinajstić information content (AvgIpc) is 2.23. The van der Waals surface area contributed by atoms with Gasteiger partial charge in [-0.3, -0.25) is 9.11 Å². The lowest BCUT2D eigenvalue weighted by Crippen LogP contribution is -2.11. The fourth-order valence-electron chi connectivity index (χ4n) is 1.62. The van der Waals surface area contributed by atoms with E-state index in [9.17, 15) is 16.8 Å². The Labute approximate surface area is 106 Å². The van der Waals surface area contributed by atoms with E-state index in [1.165, 1.54) is 12.1 Å². The second-order valence-corrected chi connectivity index (χ2v) is 6.55. The molecule has 0 atom stereocenters. The van der Waals surface area contributed by atoms with E-state index >= 15 is 0 Å². The lowest BCUT2D eigenvalue weighted by Gasteiger charge is -2.10. The van der Waals surface area contributed by atoms with Gasteiger partial charge in [0.1, 0.15) is 9.79 Å². The monoisotopic (exact) mass is 294 g/mol. The van der Waals surface area contributed by atoms with Gasteiger partial charge in [-0.05, 0) is 24.5 Å². The van der Waals surface area contributed by atoms with Crippen molar-refractivity contribution in [3.8, 4) is 0 Å². The van der Waals surface area contributed by atoms with Crippen molar-refractivity contribution in [2.45, 2.75) is 36.0 Å². The molecule has 0 heterocycles. The normalized spacial score (nSPS) is 12.6. The van der Waals surface area contributed by atoms with Crippen molar-refractivity contribution in [2.75, 3.05) is 0 Å². The molecule has 8 heteroatoms. The van der Waals surface area contributed by atoms with Crippen LogP contribution in [0.2, 0.25) is 0 Å². The Hall–Kier alpha value is -0.960. The molecule has 2 N–H and O–H groups in total. The van der Waals surface area contributed by atoms with E-state index < -0.39 is 30.0 Å². The highest BCUT2D eigenvalue weighted by Gasteiger charge is 2.26. The summed E-state index contributed by atoms with van der Waals surface area (Å²) in [5.74, 6) is 0. The molecular weight excluding hydrogens is 280 g/mol. The third-order valence-electron chi connectivity index (χ3n) is 2.40. The van der Waals surface area contributed by atoms with Crippen LogP contribution < -0.4 is 0 Å². The Balaban J connectivity index is 3.56. The largest absolute Gasteiger partial charge is 0.296 e. The molecule has 0 bridgehead atoms. The Morgan fingerprint density at radius 1 is 1.06 bits per heavy atom. The maximum atomic E-state index is 11.3. The minimum Gasteiger partial charge on any atom is -0.282 e. The summed E-state index contributed by atoms with van der Waals surface area (Å²) in [6, 6.07) is 3.67. The molecule has 0 spiro atoms. The predicted octanol–water partition coefficient (Wildman–Crippen LogP) is 1.52. The van der Waals surface area contributed by atoms with E-state index in [4.69, 9.17) is 9.11 Å². The van der Waals surface area contributed by atoms with Crippen molar-refractivity contribution in [2.24, 2.45) is 0 Å². The van der Waals surface area contributed by atoms with E-state index in [0.717, 1.165) is 12.5 Å². The first-order valence-electron chi connectivity index (χ1n) is 5.24. The maximum Gasteiger partial charge on any atom is 0.296 e. The van der Waals surface area contributed by atoms with E-state index in [-0.39, 0.29) is 5.56 Å². The van der Waals surface area contributed by atoms with Crippen LogP contribution >= 0.6 is 0 Å².